The molecule has 41 heteroatoms. The van der Waals surface area contributed by atoms with Crippen molar-refractivity contribution in [3.63, 3.8) is 0 Å². The first-order valence-electron chi connectivity index (χ1n) is 22.6. The van der Waals surface area contributed by atoms with Gasteiger partial charge in [-0.15, -0.1) is 0 Å². The number of aryl methyl sites for hydroxylation is 1. The van der Waals surface area contributed by atoms with E-state index in [1.807, 2.05) is 0 Å². The molecule has 4 unspecified atom stereocenters. The number of aliphatic hydroxyl groups is 3. The van der Waals surface area contributed by atoms with Gasteiger partial charge >= 0.3 is 28.7 Å². The molecule has 14 N–H and O–H groups in total. The summed E-state index contributed by atoms with van der Waals surface area (Å²) in [5, 5.41) is 33.4. The number of aromatic nitrogens is 12. The molecule has 0 radical (unpaired) electrons. The fraction of sp³-hybridized carbons (Fsp3) is 0.583. The van der Waals surface area contributed by atoms with E-state index in [2.05, 4.69) is 44.2 Å². The number of nitrogens with one attached hydrogen (secondary N) is 2. The Morgan fingerprint density at radius 3 is 2.13 bits per heavy atom. The van der Waals surface area contributed by atoms with Crippen molar-refractivity contribution in [2.45, 2.75) is 73.5 Å². The van der Waals surface area contributed by atoms with Gasteiger partial charge in [-0.05, 0) is 6.42 Å². The van der Waals surface area contributed by atoms with Gasteiger partial charge in [-0.25, -0.2) is 33.4 Å². The molecule has 16 atom stereocenters. The molecule has 6 aromatic rings. The number of aromatic amines is 2. The Bertz CT molecular complexity index is 3510. The minimum Gasteiger partial charge on any atom is -0.778 e. The monoisotopic (exact) mass is 1170 g/mol. The molecule has 422 valence electrons. The molecule has 0 aliphatic carbocycles. The molecule has 3 aliphatic rings. The summed E-state index contributed by atoms with van der Waals surface area (Å²) in [5.74, 6) is -3.35. The van der Waals surface area contributed by atoms with E-state index in [4.69, 9.17) is 54.5 Å². The van der Waals surface area contributed by atoms with E-state index < -0.39 is 140 Å². The average molecular weight is 1170 g/mol. The highest BCUT2D eigenvalue weighted by Gasteiger charge is 2.55. The molecule has 0 saturated carbocycles. The smallest absolute Gasteiger partial charge is 0.479 e. The maximum atomic E-state index is 14.3. The lowest BCUT2D eigenvalue weighted by Gasteiger charge is -2.35. The van der Waals surface area contributed by atoms with E-state index in [1.165, 1.54) is 34.2 Å². The van der Waals surface area contributed by atoms with Crippen LogP contribution in [0, 0.1) is 5.92 Å². The zero-order valence-corrected chi connectivity index (χ0v) is 43.8. The summed E-state index contributed by atoms with van der Waals surface area (Å²) in [5.41, 5.74) is 13.8. The van der Waals surface area contributed by atoms with Crippen molar-refractivity contribution in [2.75, 3.05) is 63.8 Å². The van der Waals surface area contributed by atoms with Crippen LogP contribution in [0.4, 0.5) is 17.7 Å². The Morgan fingerprint density at radius 2 is 1.42 bits per heavy atom. The van der Waals surface area contributed by atoms with Crippen molar-refractivity contribution in [3.05, 3.63) is 46.0 Å². The first kappa shape index (κ1) is 56.6. The normalized spacial score (nSPS) is 30.0. The highest BCUT2D eigenvalue weighted by molar-refractivity contribution is 7.74. The zero-order valence-electron chi connectivity index (χ0n) is 40.2. The molecular weight excluding hydrogens is 1120 g/mol. The van der Waals surface area contributed by atoms with Crippen molar-refractivity contribution in [1.82, 2.24) is 53.6 Å². The van der Waals surface area contributed by atoms with Crippen molar-refractivity contribution < 1.29 is 99.3 Å². The SMILES string of the molecule is COCC[C@H]1[C@@H](O)[C@H]([n+]2cn(C)c3c(=O)[nH]c(N)nc32)O[C@@H]1COP(=O)(O)CP(=O)(O)OP(=O)(O)OC[C@H]1O[C@@H](n2cnc3c(N)ncnc32)[C@H](OC)[C@@H]1P(=O)([O-])OC[C@H]1O[C@@H](n2cnc3c(=O)[nH]c(N)nc32)[C@H](O)[C@@H]1O. The summed E-state index contributed by atoms with van der Waals surface area (Å²) in [6.07, 6.45) is -11.0. The Balaban J connectivity index is 0.890. The quantitative estimate of drug-likeness (QED) is 0.0243. The maximum absolute atomic E-state index is 14.3. The fourth-order valence-corrected chi connectivity index (χ4v) is 16.1. The number of phosphoric ester groups is 1. The molecule has 0 spiro atoms. The minimum atomic E-state index is -5.87. The van der Waals surface area contributed by atoms with Crippen molar-refractivity contribution in [2.24, 2.45) is 13.0 Å². The van der Waals surface area contributed by atoms with E-state index >= 15 is 0 Å². The maximum Gasteiger partial charge on any atom is 0.479 e. The van der Waals surface area contributed by atoms with Gasteiger partial charge in [0.2, 0.25) is 17.7 Å². The lowest BCUT2D eigenvalue weighted by molar-refractivity contribution is -0.745. The lowest BCUT2D eigenvalue weighted by atomic mass is 9.95. The summed E-state index contributed by atoms with van der Waals surface area (Å²) < 4.78 is 108. The topological polar surface area (TPSA) is 536 Å². The Hall–Kier alpha value is -5.07. The van der Waals surface area contributed by atoms with E-state index in [9.17, 15) is 62.7 Å². The largest absolute Gasteiger partial charge is 0.778 e. The molecule has 0 bridgehead atoms. The summed E-state index contributed by atoms with van der Waals surface area (Å²) in [7, 11) is -18.4. The molecule has 37 nitrogen and oxygen atoms in total. The van der Waals surface area contributed by atoms with Crippen LogP contribution in [0.3, 0.4) is 0 Å². The second-order valence-electron chi connectivity index (χ2n) is 17.8. The van der Waals surface area contributed by atoms with Gasteiger partial charge in [0, 0.05) is 26.7 Å². The summed E-state index contributed by atoms with van der Waals surface area (Å²) in [6.45, 7) is -3.04. The summed E-state index contributed by atoms with van der Waals surface area (Å²) in [4.78, 5) is 101. The number of nitrogen functional groups attached to an aromatic ring is 3. The number of nitrogens with zero attached hydrogens (tertiary/aromatic N) is 10. The van der Waals surface area contributed by atoms with Crippen LogP contribution in [-0.2, 0) is 66.9 Å². The Morgan fingerprint density at radius 1 is 0.766 bits per heavy atom. The molecule has 9 heterocycles. The third-order valence-electron chi connectivity index (χ3n) is 12.8. The third kappa shape index (κ3) is 11.3. The average Bonchev–Trinajstić information content (AvgIpc) is 4.20. The first-order valence-corrected chi connectivity index (χ1v) is 29.2. The standard InChI is InChI=1S/C36H51N15O22P4/c1-48-12-51(29-20(48)31(56)47-36(39)45-29)32-21(52)14(4-5-65-2)15(70-32)6-67-74(57,58)13-75(59,60)73-77(63,64)69-8-17-25(24(66-3)34(72-17)49-10-42-18-26(37)40-9-41-27(18)49)76(61,62)68-7-16-22(53)23(54)33(71-16)50-11-43-19-28(50)44-35(38)46-30(19)55/h9-12,14-17,21-25,32-34,52-54H,4-8,13H2,1-3H3,(H11-,37,38,39,40,41,44,45,46,47,55,56,57,58,59,60,61,62,63,64)/t14-,15-,16-,17-,21-,22-,23-,24-,25-,32-,33-,34-/m1/s1. The van der Waals surface area contributed by atoms with Gasteiger partial charge in [0.25, 0.3) is 17.1 Å². The number of aliphatic hydroxyl groups excluding tert-OH is 3. The number of fused-ring (bicyclic) bond motifs is 3. The highest BCUT2D eigenvalue weighted by Crippen LogP contribution is 2.67. The molecule has 0 amide bonds. The van der Waals surface area contributed by atoms with Gasteiger partial charge in [-0.3, -0.25) is 46.9 Å². The third-order valence-corrected chi connectivity index (χ3v) is 20.4. The predicted molar refractivity (Wildman–Crippen MR) is 253 cm³/mol. The fourth-order valence-electron chi connectivity index (χ4n) is 9.35. The number of phosphoric acid groups is 1. The van der Waals surface area contributed by atoms with E-state index in [0.29, 0.717) is 0 Å². The van der Waals surface area contributed by atoms with Gasteiger partial charge in [0.05, 0.1) is 57.4 Å². The Labute approximate surface area is 430 Å². The van der Waals surface area contributed by atoms with Crippen molar-refractivity contribution >= 4 is 81.8 Å². The molecule has 3 saturated heterocycles. The van der Waals surface area contributed by atoms with Gasteiger partial charge in [0.1, 0.15) is 50.0 Å². The molecule has 6 aromatic heterocycles. The number of methoxy groups -OCH3 is 2. The highest BCUT2D eigenvalue weighted by atomic mass is 31.3. The van der Waals surface area contributed by atoms with Crippen LogP contribution in [0.2, 0.25) is 0 Å². The Kier molecular flexibility index (Phi) is 15.8. The summed E-state index contributed by atoms with van der Waals surface area (Å²) in [6, 6.07) is 0. The number of hydrogen-bond donors (Lipinski definition) is 11. The van der Waals surface area contributed by atoms with Crippen LogP contribution in [0.5, 0.6) is 0 Å². The number of hydrogen-bond acceptors (Lipinski definition) is 28. The molecular formula is C36H51N15O22P4. The van der Waals surface area contributed by atoms with Crippen LogP contribution in [0.15, 0.2) is 34.9 Å². The number of anilines is 3. The lowest BCUT2D eigenvalue weighted by Crippen LogP contribution is -2.45. The van der Waals surface area contributed by atoms with Gasteiger partial charge < -0.3 is 89.4 Å². The van der Waals surface area contributed by atoms with E-state index in [-0.39, 0.29) is 64.2 Å². The number of rotatable bonds is 21. The first-order chi connectivity index (χ1) is 36.2. The number of H-pyrrole nitrogens is 2. The van der Waals surface area contributed by atoms with Crippen LogP contribution in [0.1, 0.15) is 25.1 Å². The number of nitrogens with two attached hydrogens (primary N) is 3. The van der Waals surface area contributed by atoms with E-state index in [1.54, 1.807) is 0 Å². The van der Waals surface area contributed by atoms with Crippen LogP contribution in [0.25, 0.3) is 33.5 Å². The van der Waals surface area contributed by atoms with Crippen LogP contribution in [-0.4, -0.2) is 179 Å². The molecule has 3 fully saturated rings. The van der Waals surface area contributed by atoms with Gasteiger partial charge in [0.15, 0.2) is 47.3 Å². The van der Waals surface area contributed by atoms with Gasteiger partial charge in [-0.2, -0.15) is 4.98 Å². The van der Waals surface area contributed by atoms with E-state index in [0.717, 1.165) is 30.7 Å². The molecule has 3 aliphatic heterocycles. The van der Waals surface area contributed by atoms with Crippen molar-refractivity contribution in [3.8, 4) is 0 Å². The predicted octanol–water partition coefficient (Wildman–Crippen LogP) is -3.87. The summed E-state index contributed by atoms with van der Waals surface area (Å²) >= 11 is 0. The zero-order chi connectivity index (χ0) is 55.7. The second kappa shape index (κ2) is 21.5. The molecule has 9 rings (SSSR count). The molecule has 77 heavy (non-hydrogen) atoms. The molecule has 0 aromatic carbocycles. The van der Waals surface area contributed by atoms with Crippen LogP contribution < -0.4 is 37.8 Å². The number of ether oxygens (including phenoxy) is 5. The number of imidazole rings is 3. The van der Waals surface area contributed by atoms with Crippen molar-refractivity contribution in [1.29, 1.82) is 0 Å². The van der Waals surface area contributed by atoms with Gasteiger partial charge in [-0.1, -0.05) is 4.98 Å². The minimum absolute atomic E-state index is 0.00211. The second-order valence-corrected chi connectivity index (χ2v) is 25.5. The van der Waals surface area contributed by atoms with Crippen LogP contribution >= 0.6 is 30.6 Å².